The van der Waals surface area contributed by atoms with E-state index in [1.165, 1.54) is 4.57 Å². The Hall–Kier alpha value is -2.42. The van der Waals surface area contributed by atoms with Gasteiger partial charge in [-0.05, 0) is 19.3 Å². The molecular weight excluding hydrogens is 303 g/mol. The minimum absolute atomic E-state index is 0.0205. The Balaban J connectivity index is 2.03. The van der Waals surface area contributed by atoms with Gasteiger partial charge in [-0.15, -0.1) is 0 Å². The summed E-state index contributed by atoms with van der Waals surface area (Å²) >= 11 is 0. The molecule has 1 aliphatic heterocycles. The predicted octanol–water partition coefficient (Wildman–Crippen LogP) is -0.322. The molecule has 1 atom stereocenters. The fraction of sp³-hybridized carbons (Fsp3) is 0.500. The zero-order chi connectivity index (χ0) is 16.3. The molecule has 1 saturated carbocycles. The van der Waals surface area contributed by atoms with Crippen molar-refractivity contribution in [1.82, 2.24) is 14.5 Å². The molecule has 1 aliphatic carbocycles. The first-order valence-electron chi connectivity index (χ1n) is 7.61. The lowest BCUT2D eigenvalue weighted by Crippen LogP contribution is -2.33. The molecule has 23 heavy (non-hydrogen) atoms. The molecule has 0 aromatic carbocycles. The molecule has 2 fully saturated rings. The SMILES string of the molecule is Nc1c(F)c(N2CCC(N)C2)nc2c1c(=O)[nH]c(=O)n2C1CC1. The van der Waals surface area contributed by atoms with Crippen molar-refractivity contribution in [2.45, 2.75) is 31.3 Å². The number of hydrogen-bond acceptors (Lipinski definition) is 6. The number of pyridine rings is 1. The lowest BCUT2D eigenvalue weighted by molar-refractivity contribution is 0.618. The first-order chi connectivity index (χ1) is 11.0. The summed E-state index contributed by atoms with van der Waals surface area (Å²) in [5, 5.41) is -0.0683. The van der Waals surface area contributed by atoms with Gasteiger partial charge in [0.15, 0.2) is 17.3 Å². The van der Waals surface area contributed by atoms with E-state index in [4.69, 9.17) is 11.5 Å². The normalized spacial score (nSPS) is 21.3. The maximum absolute atomic E-state index is 14.6. The highest BCUT2D eigenvalue weighted by Crippen LogP contribution is 2.36. The molecule has 4 rings (SSSR count). The number of hydrogen-bond donors (Lipinski definition) is 3. The average molecular weight is 320 g/mol. The van der Waals surface area contributed by atoms with Crippen LogP contribution in [0.3, 0.4) is 0 Å². The van der Waals surface area contributed by atoms with E-state index < -0.39 is 17.1 Å². The molecule has 9 heteroatoms. The molecule has 2 aromatic heterocycles. The van der Waals surface area contributed by atoms with Crippen molar-refractivity contribution >= 4 is 22.5 Å². The number of nitrogens with one attached hydrogen (secondary N) is 1. The van der Waals surface area contributed by atoms with E-state index in [0.717, 1.165) is 19.3 Å². The number of halogens is 1. The van der Waals surface area contributed by atoms with Gasteiger partial charge in [-0.2, -0.15) is 0 Å². The number of aromatic nitrogens is 3. The second-order valence-corrected chi connectivity index (χ2v) is 6.22. The fourth-order valence-corrected chi connectivity index (χ4v) is 3.13. The van der Waals surface area contributed by atoms with Crippen LogP contribution < -0.4 is 27.6 Å². The molecule has 0 spiro atoms. The van der Waals surface area contributed by atoms with Crippen LogP contribution in [0.25, 0.3) is 11.0 Å². The van der Waals surface area contributed by atoms with Gasteiger partial charge in [0.05, 0.1) is 5.69 Å². The van der Waals surface area contributed by atoms with Crippen molar-refractivity contribution in [3.8, 4) is 0 Å². The highest BCUT2D eigenvalue weighted by molar-refractivity contribution is 5.89. The van der Waals surface area contributed by atoms with E-state index in [-0.39, 0.29) is 34.6 Å². The molecule has 0 amide bonds. The van der Waals surface area contributed by atoms with Gasteiger partial charge >= 0.3 is 5.69 Å². The van der Waals surface area contributed by atoms with Gasteiger partial charge in [-0.3, -0.25) is 14.3 Å². The van der Waals surface area contributed by atoms with Crippen molar-refractivity contribution in [3.05, 3.63) is 26.7 Å². The van der Waals surface area contributed by atoms with Crippen LogP contribution in [0.2, 0.25) is 0 Å². The third kappa shape index (κ3) is 2.11. The molecule has 2 aliphatic rings. The van der Waals surface area contributed by atoms with Gasteiger partial charge in [0, 0.05) is 25.2 Å². The van der Waals surface area contributed by atoms with Gasteiger partial charge in [0.1, 0.15) is 5.39 Å². The van der Waals surface area contributed by atoms with E-state index >= 15 is 0 Å². The number of nitrogen functional groups attached to an aromatic ring is 1. The van der Waals surface area contributed by atoms with Crippen LogP contribution in [0.5, 0.6) is 0 Å². The van der Waals surface area contributed by atoms with Crippen LogP contribution in [0, 0.1) is 5.82 Å². The minimum atomic E-state index is -0.738. The van der Waals surface area contributed by atoms with E-state index in [9.17, 15) is 14.0 Å². The van der Waals surface area contributed by atoms with Gasteiger partial charge in [0.25, 0.3) is 5.56 Å². The van der Waals surface area contributed by atoms with E-state index in [1.807, 2.05) is 0 Å². The van der Waals surface area contributed by atoms with Crippen LogP contribution in [0.4, 0.5) is 15.9 Å². The number of nitrogens with zero attached hydrogens (tertiary/aromatic N) is 3. The molecule has 0 bridgehead atoms. The maximum atomic E-state index is 14.6. The number of aromatic amines is 1. The zero-order valence-electron chi connectivity index (χ0n) is 12.4. The van der Waals surface area contributed by atoms with E-state index in [1.54, 1.807) is 4.90 Å². The van der Waals surface area contributed by atoms with Crippen molar-refractivity contribution in [3.63, 3.8) is 0 Å². The molecular formula is C14H17FN6O2. The summed E-state index contributed by atoms with van der Waals surface area (Å²) in [6.07, 6.45) is 2.37. The number of rotatable bonds is 2. The number of H-pyrrole nitrogens is 1. The molecule has 5 N–H and O–H groups in total. The molecule has 1 saturated heterocycles. The van der Waals surface area contributed by atoms with Gasteiger partial charge < -0.3 is 16.4 Å². The zero-order valence-corrected chi connectivity index (χ0v) is 12.4. The molecule has 1 unspecified atom stereocenters. The summed E-state index contributed by atoms with van der Waals surface area (Å²) in [5.74, 6) is -0.680. The summed E-state index contributed by atoms with van der Waals surface area (Å²) in [7, 11) is 0. The first-order valence-corrected chi connectivity index (χ1v) is 7.61. The Bertz CT molecular complexity index is 916. The summed E-state index contributed by atoms with van der Waals surface area (Å²) in [6.45, 7) is 1.03. The number of fused-ring (bicyclic) bond motifs is 1. The summed E-state index contributed by atoms with van der Waals surface area (Å²) in [4.78, 5) is 32.4. The Morgan fingerprint density at radius 1 is 1.26 bits per heavy atom. The van der Waals surface area contributed by atoms with Gasteiger partial charge in [-0.25, -0.2) is 14.2 Å². The number of nitrogens with two attached hydrogens (primary N) is 2. The van der Waals surface area contributed by atoms with Crippen LogP contribution in [0.1, 0.15) is 25.3 Å². The van der Waals surface area contributed by atoms with Crippen molar-refractivity contribution in [2.24, 2.45) is 5.73 Å². The smallest absolute Gasteiger partial charge is 0.330 e. The van der Waals surface area contributed by atoms with Crippen molar-refractivity contribution in [1.29, 1.82) is 0 Å². The Morgan fingerprint density at radius 2 is 2.00 bits per heavy atom. The van der Waals surface area contributed by atoms with Crippen LogP contribution in [-0.2, 0) is 0 Å². The van der Waals surface area contributed by atoms with Crippen LogP contribution in [0.15, 0.2) is 9.59 Å². The Morgan fingerprint density at radius 3 is 2.61 bits per heavy atom. The second kappa shape index (κ2) is 4.79. The Labute approximate surface area is 129 Å². The highest BCUT2D eigenvalue weighted by atomic mass is 19.1. The maximum Gasteiger partial charge on any atom is 0.330 e. The highest BCUT2D eigenvalue weighted by Gasteiger charge is 2.31. The molecule has 8 nitrogen and oxygen atoms in total. The van der Waals surface area contributed by atoms with Crippen LogP contribution in [-0.4, -0.2) is 33.7 Å². The van der Waals surface area contributed by atoms with E-state index in [0.29, 0.717) is 13.1 Å². The van der Waals surface area contributed by atoms with Gasteiger partial charge in [0.2, 0.25) is 0 Å². The molecule has 0 radical (unpaired) electrons. The lowest BCUT2D eigenvalue weighted by atomic mass is 10.2. The predicted molar refractivity (Wildman–Crippen MR) is 84.1 cm³/mol. The first kappa shape index (κ1) is 14.2. The summed E-state index contributed by atoms with van der Waals surface area (Å²) in [6, 6.07) is -0.0779. The monoisotopic (exact) mass is 320 g/mol. The average Bonchev–Trinajstić information content (AvgIpc) is 3.23. The third-order valence-electron chi connectivity index (χ3n) is 4.47. The third-order valence-corrected chi connectivity index (χ3v) is 4.47. The molecule has 2 aromatic rings. The second-order valence-electron chi connectivity index (χ2n) is 6.22. The van der Waals surface area contributed by atoms with Crippen molar-refractivity contribution < 1.29 is 4.39 Å². The molecule has 3 heterocycles. The summed E-state index contributed by atoms with van der Waals surface area (Å²) in [5.41, 5.74) is 10.3. The Kier molecular flexibility index (Phi) is 2.95. The van der Waals surface area contributed by atoms with Crippen molar-refractivity contribution in [2.75, 3.05) is 23.7 Å². The van der Waals surface area contributed by atoms with Crippen LogP contribution >= 0.6 is 0 Å². The summed E-state index contributed by atoms with van der Waals surface area (Å²) < 4.78 is 16.0. The largest absolute Gasteiger partial charge is 0.395 e. The molecule has 122 valence electrons. The minimum Gasteiger partial charge on any atom is -0.395 e. The van der Waals surface area contributed by atoms with Gasteiger partial charge in [-0.1, -0.05) is 0 Å². The van der Waals surface area contributed by atoms with E-state index in [2.05, 4.69) is 9.97 Å². The number of anilines is 2. The topological polar surface area (TPSA) is 123 Å². The quantitative estimate of drug-likeness (QED) is 0.697. The fourth-order valence-electron chi connectivity index (χ4n) is 3.13. The standard InChI is InChI=1S/C14H17FN6O2/c15-9-10(17)8-11(18-12(9)20-4-3-6(16)5-20)21(7-1-2-7)14(23)19-13(8)22/h6-7H,1-5,16H2,(H2,17,18)(H,19,22,23). The lowest BCUT2D eigenvalue weighted by Gasteiger charge is -2.20.